The number of carbonyl (C=O) groups is 2. The Hall–Kier alpha value is -2.22. The number of unbranched alkanes of at least 4 members (excludes halogenated alkanes) is 1. The summed E-state index contributed by atoms with van der Waals surface area (Å²) in [5, 5.41) is 3.18. The first kappa shape index (κ1) is 21.1. The first-order valence-electron chi connectivity index (χ1n) is 9.48. The molecule has 7 nitrogen and oxygen atoms in total. The first-order valence-corrected chi connectivity index (χ1v) is 10.3. The van der Waals surface area contributed by atoms with Gasteiger partial charge < -0.3 is 10.2 Å². The molecule has 0 aliphatic rings. The van der Waals surface area contributed by atoms with Gasteiger partial charge in [0.1, 0.15) is 11.4 Å². The monoisotopic (exact) mass is 392 g/mol. The summed E-state index contributed by atoms with van der Waals surface area (Å²) in [6, 6.07) is 0. The first-order chi connectivity index (χ1) is 12.9. The zero-order chi connectivity index (χ0) is 20.0. The van der Waals surface area contributed by atoms with Crippen molar-refractivity contribution in [2.75, 3.05) is 19.6 Å². The van der Waals surface area contributed by atoms with E-state index in [1.807, 2.05) is 13.8 Å². The Labute approximate surface area is 163 Å². The summed E-state index contributed by atoms with van der Waals surface area (Å²) in [6.45, 7) is 9.62. The fraction of sp³-hybridized carbons (Fsp3) is 0.579. The summed E-state index contributed by atoms with van der Waals surface area (Å²) in [5.74, 6) is -0.279. The molecular weight excluding hydrogens is 364 g/mol. The fourth-order valence-electron chi connectivity index (χ4n) is 2.85. The maximum Gasteiger partial charge on any atom is 0.264 e. The highest BCUT2D eigenvalue weighted by Gasteiger charge is 2.23. The third kappa shape index (κ3) is 4.74. The highest BCUT2D eigenvalue weighted by atomic mass is 32.1. The number of nitrogens with one attached hydrogen (secondary N) is 1. The van der Waals surface area contributed by atoms with Crippen molar-refractivity contribution >= 4 is 33.4 Å². The van der Waals surface area contributed by atoms with Gasteiger partial charge in [-0.15, -0.1) is 11.3 Å². The van der Waals surface area contributed by atoms with E-state index in [0.717, 1.165) is 19.3 Å². The van der Waals surface area contributed by atoms with Gasteiger partial charge in [0.2, 0.25) is 5.91 Å². The van der Waals surface area contributed by atoms with Crippen LogP contribution in [0.3, 0.4) is 0 Å². The van der Waals surface area contributed by atoms with Crippen LogP contribution in [0.25, 0.3) is 10.2 Å². The molecule has 2 aromatic rings. The van der Waals surface area contributed by atoms with Gasteiger partial charge in [-0.05, 0) is 32.3 Å². The molecule has 0 aliphatic carbocycles. The topological polar surface area (TPSA) is 84.3 Å². The van der Waals surface area contributed by atoms with E-state index in [9.17, 15) is 14.4 Å². The minimum atomic E-state index is -0.281. The number of aromatic nitrogens is 2. The lowest BCUT2D eigenvalue weighted by Gasteiger charge is -2.20. The zero-order valence-electron chi connectivity index (χ0n) is 16.5. The maximum absolute atomic E-state index is 12.9. The largest absolute Gasteiger partial charge is 0.355 e. The molecule has 2 aromatic heterocycles. The van der Waals surface area contributed by atoms with Gasteiger partial charge in [0.25, 0.3) is 11.5 Å². The SMILES string of the molecule is CCCCN(CC)C(=O)c1sc2ncn(CC(=O)NCCC)c(=O)c2c1C. The normalized spacial score (nSPS) is 11.0. The molecule has 2 rings (SSSR count). The number of hydrogen-bond donors (Lipinski definition) is 1. The predicted molar refractivity (Wildman–Crippen MR) is 108 cm³/mol. The van der Waals surface area contributed by atoms with Crippen LogP contribution in [0, 0.1) is 6.92 Å². The summed E-state index contributed by atoms with van der Waals surface area (Å²) in [7, 11) is 0. The second-order valence-electron chi connectivity index (χ2n) is 6.50. The Bertz CT molecular complexity index is 872. The van der Waals surface area contributed by atoms with Crippen molar-refractivity contribution < 1.29 is 9.59 Å². The van der Waals surface area contributed by atoms with Crippen LogP contribution in [0.5, 0.6) is 0 Å². The molecular formula is C19H28N4O3S. The molecule has 2 heterocycles. The molecule has 0 radical (unpaired) electrons. The second kappa shape index (κ2) is 9.64. The smallest absolute Gasteiger partial charge is 0.264 e. The average molecular weight is 393 g/mol. The summed E-state index contributed by atoms with van der Waals surface area (Å²) in [6.07, 6.45) is 4.18. The van der Waals surface area contributed by atoms with E-state index in [2.05, 4.69) is 17.2 Å². The molecule has 0 spiro atoms. The van der Waals surface area contributed by atoms with Crippen LogP contribution in [0.4, 0.5) is 0 Å². The van der Waals surface area contributed by atoms with E-state index >= 15 is 0 Å². The van der Waals surface area contributed by atoms with Crippen LogP contribution in [-0.4, -0.2) is 45.9 Å². The molecule has 0 saturated heterocycles. The molecule has 8 heteroatoms. The van der Waals surface area contributed by atoms with Gasteiger partial charge in [0, 0.05) is 19.6 Å². The number of amides is 2. The van der Waals surface area contributed by atoms with Crippen LogP contribution >= 0.6 is 11.3 Å². The Kier molecular flexibility index (Phi) is 7.53. The lowest BCUT2D eigenvalue weighted by molar-refractivity contribution is -0.121. The summed E-state index contributed by atoms with van der Waals surface area (Å²) < 4.78 is 1.30. The van der Waals surface area contributed by atoms with E-state index in [-0.39, 0.29) is 23.9 Å². The Morgan fingerprint density at radius 1 is 1.26 bits per heavy atom. The third-order valence-corrected chi connectivity index (χ3v) is 5.64. The highest BCUT2D eigenvalue weighted by Crippen LogP contribution is 2.28. The lowest BCUT2D eigenvalue weighted by atomic mass is 10.2. The molecule has 0 saturated carbocycles. The van der Waals surface area contributed by atoms with E-state index in [4.69, 9.17) is 0 Å². The average Bonchev–Trinajstić information content (AvgIpc) is 3.00. The van der Waals surface area contributed by atoms with Gasteiger partial charge in [-0.25, -0.2) is 4.98 Å². The Morgan fingerprint density at radius 3 is 2.63 bits per heavy atom. The van der Waals surface area contributed by atoms with Gasteiger partial charge in [-0.2, -0.15) is 0 Å². The van der Waals surface area contributed by atoms with Crippen LogP contribution in [0.2, 0.25) is 0 Å². The van der Waals surface area contributed by atoms with Crippen molar-refractivity contribution in [3.63, 3.8) is 0 Å². The summed E-state index contributed by atoms with van der Waals surface area (Å²) >= 11 is 1.25. The second-order valence-corrected chi connectivity index (χ2v) is 7.50. The highest BCUT2D eigenvalue weighted by molar-refractivity contribution is 7.20. The zero-order valence-corrected chi connectivity index (χ0v) is 17.3. The number of thiophene rings is 1. The minimum absolute atomic E-state index is 0.0573. The van der Waals surface area contributed by atoms with Gasteiger partial charge in [-0.1, -0.05) is 20.3 Å². The minimum Gasteiger partial charge on any atom is -0.355 e. The quantitative estimate of drug-likeness (QED) is 0.711. The molecule has 0 atom stereocenters. The van der Waals surface area contributed by atoms with E-state index in [1.54, 1.807) is 11.8 Å². The number of fused-ring (bicyclic) bond motifs is 1. The maximum atomic E-state index is 12.9. The lowest BCUT2D eigenvalue weighted by Crippen LogP contribution is -2.33. The van der Waals surface area contributed by atoms with Gasteiger partial charge in [0.15, 0.2) is 0 Å². The molecule has 0 fully saturated rings. The molecule has 0 bridgehead atoms. The van der Waals surface area contributed by atoms with E-state index in [0.29, 0.717) is 40.3 Å². The Balaban J connectivity index is 2.36. The van der Waals surface area contributed by atoms with Crippen molar-refractivity contribution in [2.45, 2.75) is 53.5 Å². The molecule has 0 aliphatic heterocycles. The van der Waals surface area contributed by atoms with Crippen molar-refractivity contribution in [1.29, 1.82) is 0 Å². The number of hydrogen-bond acceptors (Lipinski definition) is 5. The van der Waals surface area contributed by atoms with Crippen molar-refractivity contribution in [3.05, 3.63) is 27.1 Å². The molecule has 0 aromatic carbocycles. The summed E-state index contributed by atoms with van der Waals surface area (Å²) in [5.41, 5.74) is 0.367. The van der Waals surface area contributed by atoms with Gasteiger partial charge >= 0.3 is 0 Å². The number of nitrogens with zero attached hydrogens (tertiary/aromatic N) is 3. The van der Waals surface area contributed by atoms with E-state index in [1.165, 1.54) is 22.2 Å². The molecule has 0 unspecified atom stereocenters. The molecule has 27 heavy (non-hydrogen) atoms. The fourth-order valence-corrected chi connectivity index (χ4v) is 3.95. The molecule has 2 amide bonds. The van der Waals surface area contributed by atoms with E-state index < -0.39 is 0 Å². The third-order valence-electron chi connectivity index (χ3n) is 4.45. The van der Waals surface area contributed by atoms with Crippen molar-refractivity contribution in [1.82, 2.24) is 19.8 Å². The number of carbonyl (C=O) groups excluding carboxylic acids is 2. The van der Waals surface area contributed by atoms with Crippen LogP contribution in [0.1, 0.15) is 55.3 Å². The van der Waals surface area contributed by atoms with Crippen LogP contribution in [0.15, 0.2) is 11.1 Å². The molecule has 1 N–H and O–H groups in total. The van der Waals surface area contributed by atoms with Crippen molar-refractivity contribution in [3.8, 4) is 0 Å². The number of aryl methyl sites for hydroxylation is 1. The van der Waals surface area contributed by atoms with Gasteiger partial charge in [-0.3, -0.25) is 19.0 Å². The standard InChI is InChI=1S/C19H28N4O3S/c1-5-8-10-22(7-3)19(26)16-13(4)15-17(27-16)21-12-23(18(15)25)11-14(24)20-9-6-2/h12H,5-11H2,1-4H3,(H,20,24). The summed E-state index contributed by atoms with van der Waals surface area (Å²) in [4.78, 5) is 44.9. The van der Waals surface area contributed by atoms with Gasteiger partial charge in [0.05, 0.1) is 16.6 Å². The van der Waals surface area contributed by atoms with Crippen LogP contribution in [-0.2, 0) is 11.3 Å². The Morgan fingerprint density at radius 2 is 2.00 bits per heavy atom. The van der Waals surface area contributed by atoms with Crippen LogP contribution < -0.4 is 10.9 Å². The van der Waals surface area contributed by atoms with Crippen molar-refractivity contribution in [2.24, 2.45) is 0 Å². The number of rotatable bonds is 9. The predicted octanol–water partition coefficient (Wildman–Crippen LogP) is 2.55. The molecule has 148 valence electrons.